The number of thioether (sulfide) groups is 1. The van der Waals surface area contributed by atoms with Gasteiger partial charge in [-0.3, -0.25) is 9.48 Å². The zero-order valence-electron chi connectivity index (χ0n) is 12.4. The lowest BCUT2D eigenvalue weighted by molar-refractivity contribution is -0.118. The summed E-state index contributed by atoms with van der Waals surface area (Å²) in [5.41, 5.74) is 2.33. The Morgan fingerprint density at radius 1 is 1.27 bits per heavy atom. The fourth-order valence-corrected chi connectivity index (χ4v) is 4.62. The van der Waals surface area contributed by atoms with Crippen molar-refractivity contribution in [1.29, 1.82) is 0 Å². The molecule has 4 nitrogen and oxygen atoms in total. The Hall–Kier alpha value is -1.75. The van der Waals surface area contributed by atoms with E-state index in [1.807, 2.05) is 27.9 Å². The number of amides is 1. The van der Waals surface area contributed by atoms with Gasteiger partial charge in [0.1, 0.15) is 0 Å². The zero-order chi connectivity index (χ0) is 14.9. The minimum Gasteiger partial charge on any atom is -0.309 e. The van der Waals surface area contributed by atoms with Gasteiger partial charge in [0.15, 0.2) is 0 Å². The number of carbonyl (C=O) groups excluding carboxylic acids is 1. The molecule has 22 heavy (non-hydrogen) atoms. The molecule has 1 aromatic carbocycles. The number of carbonyl (C=O) groups is 1. The van der Waals surface area contributed by atoms with Crippen molar-refractivity contribution in [3.8, 4) is 0 Å². The number of para-hydroxylation sites is 1. The number of anilines is 1. The van der Waals surface area contributed by atoms with E-state index >= 15 is 0 Å². The summed E-state index contributed by atoms with van der Waals surface area (Å²) in [7, 11) is 0. The first-order chi connectivity index (χ1) is 10.8. The molecule has 0 bridgehead atoms. The minimum atomic E-state index is 0.129. The van der Waals surface area contributed by atoms with Gasteiger partial charge in [0, 0.05) is 24.6 Å². The van der Waals surface area contributed by atoms with Crippen molar-refractivity contribution in [2.24, 2.45) is 0 Å². The Balaban J connectivity index is 1.67. The van der Waals surface area contributed by atoms with Gasteiger partial charge in [0.2, 0.25) is 5.91 Å². The molecular formula is C17H19N3OS. The molecule has 2 aromatic rings. The lowest BCUT2D eigenvalue weighted by atomic mass is 9.97. The van der Waals surface area contributed by atoms with E-state index < -0.39 is 0 Å². The van der Waals surface area contributed by atoms with Crippen molar-refractivity contribution in [3.63, 3.8) is 0 Å². The molecule has 1 amide bonds. The molecule has 2 aliphatic rings. The van der Waals surface area contributed by atoms with Crippen LogP contribution in [0.1, 0.15) is 24.4 Å². The van der Waals surface area contributed by atoms with Crippen molar-refractivity contribution >= 4 is 23.4 Å². The highest BCUT2D eigenvalue weighted by molar-refractivity contribution is 8.00. The van der Waals surface area contributed by atoms with Gasteiger partial charge >= 0.3 is 0 Å². The Morgan fingerprint density at radius 2 is 2.18 bits per heavy atom. The van der Waals surface area contributed by atoms with E-state index in [9.17, 15) is 4.79 Å². The quantitative estimate of drug-likeness (QED) is 0.855. The Morgan fingerprint density at radius 3 is 2.95 bits per heavy atom. The third-order valence-corrected chi connectivity index (χ3v) is 5.87. The first-order valence-corrected chi connectivity index (χ1v) is 8.88. The van der Waals surface area contributed by atoms with E-state index in [1.165, 1.54) is 5.56 Å². The maximum atomic E-state index is 13.0. The Kier molecular flexibility index (Phi) is 3.66. The molecule has 0 saturated carbocycles. The molecule has 0 spiro atoms. The van der Waals surface area contributed by atoms with E-state index in [0.29, 0.717) is 6.54 Å². The molecule has 1 saturated heterocycles. The van der Waals surface area contributed by atoms with Gasteiger partial charge < -0.3 is 4.90 Å². The summed E-state index contributed by atoms with van der Waals surface area (Å²) < 4.78 is 1.98. The van der Waals surface area contributed by atoms with Crippen molar-refractivity contribution in [2.45, 2.75) is 30.6 Å². The van der Waals surface area contributed by atoms with Crippen LogP contribution in [-0.4, -0.2) is 33.2 Å². The normalized spacial score (nSPS) is 24.3. The predicted octanol–water partition coefficient (Wildman–Crippen LogP) is 2.91. The molecule has 114 valence electrons. The first-order valence-electron chi connectivity index (χ1n) is 7.83. The van der Waals surface area contributed by atoms with E-state index in [-0.39, 0.29) is 17.2 Å². The van der Waals surface area contributed by atoms with Gasteiger partial charge in [-0.2, -0.15) is 5.10 Å². The van der Waals surface area contributed by atoms with Gasteiger partial charge in [-0.15, -0.1) is 11.8 Å². The van der Waals surface area contributed by atoms with Crippen LogP contribution in [0.2, 0.25) is 0 Å². The molecule has 4 rings (SSSR count). The maximum Gasteiger partial charge on any atom is 0.240 e. The summed E-state index contributed by atoms with van der Waals surface area (Å²) in [6.45, 7) is 0.717. The SMILES string of the molecule is O=C(C1CCCS1)N1CC(n2cccn2)Cc2ccccc21. The number of benzene rings is 1. The molecule has 0 N–H and O–H groups in total. The highest BCUT2D eigenvalue weighted by Gasteiger charge is 2.34. The molecule has 2 atom stereocenters. The molecule has 0 radical (unpaired) electrons. The van der Waals surface area contributed by atoms with E-state index in [2.05, 4.69) is 23.3 Å². The standard InChI is InChI=1S/C17H19N3OS/c21-17(16-7-3-10-22-16)19-12-14(20-9-4-8-18-20)11-13-5-1-2-6-15(13)19/h1-2,4-6,8-9,14,16H,3,7,10-12H2. The van der Waals surface area contributed by atoms with Crippen LogP contribution in [0.15, 0.2) is 42.7 Å². The van der Waals surface area contributed by atoms with Gasteiger partial charge in [-0.1, -0.05) is 18.2 Å². The Labute approximate surface area is 134 Å². The summed E-state index contributed by atoms with van der Waals surface area (Å²) in [5.74, 6) is 1.38. The average molecular weight is 313 g/mol. The van der Waals surface area contributed by atoms with Crippen molar-refractivity contribution in [2.75, 3.05) is 17.2 Å². The number of fused-ring (bicyclic) bond motifs is 1. The second kappa shape index (κ2) is 5.80. The molecule has 3 heterocycles. The fourth-order valence-electron chi connectivity index (χ4n) is 3.40. The van der Waals surface area contributed by atoms with Crippen LogP contribution in [0, 0.1) is 0 Å². The van der Waals surface area contributed by atoms with Crippen molar-refractivity contribution in [1.82, 2.24) is 9.78 Å². The summed E-state index contributed by atoms with van der Waals surface area (Å²) in [6.07, 6.45) is 6.89. The molecule has 0 aliphatic carbocycles. The van der Waals surface area contributed by atoms with E-state index in [0.717, 1.165) is 30.7 Å². The molecule has 5 heteroatoms. The molecular weight excluding hydrogens is 294 g/mol. The highest BCUT2D eigenvalue weighted by atomic mass is 32.2. The van der Waals surface area contributed by atoms with Crippen LogP contribution in [-0.2, 0) is 11.2 Å². The second-order valence-electron chi connectivity index (χ2n) is 5.92. The van der Waals surface area contributed by atoms with Crippen molar-refractivity contribution in [3.05, 3.63) is 48.3 Å². The smallest absolute Gasteiger partial charge is 0.240 e. The third kappa shape index (κ3) is 2.43. The van der Waals surface area contributed by atoms with Gasteiger partial charge in [0.25, 0.3) is 0 Å². The van der Waals surface area contributed by atoms with E-state index in [1.54, 1.807) is 18.0 Å². The zero-order valence-corrected chi connectivity index (χ0v) is 13.2. The monoisotopic (exact) mass is 313 g/mol. The van der Waals surface area contributed by atoms with Crippen LogP contribution in [0.4, 0.5) is 5.69 Å². The number of hydrogen-bond donors (Lipinski definition) is 0. The predicted molar refractivity (Wildman–Crippen MR) is 89.2 cm³/mol. The lowest BCUT2D eigenvalue weighted by Gasteiger charge is -2.36. The summed E-state index contributed by atoms with van der Waals surface area (Å²) >= 11 is 1.80. The van der Waals surface area contributed by atoms with Crippen LogP contribution >= 0.6 is 11.8 Å². The molecule has 1 aromatic heterocycles. The number of hydrogen-bond acceptors (Lipinski definition) is 3. The Bertz CT molecular complexity index is 664. The minimum absolute atomic E-state index is 0.129. The summed E-state index contributed by atoms with van der Waals surface area (Å²) in [6, 6.07) is 10.4. The summed E-state index contributed by atoms with van der Waals surface area (Å²) in [5, 5.41) is 4.51. The summed E-state index contributed by atoms with van der Waals surface area (Å²) in [4.78, 5) is 14.9. The second-order valence-corrected chi connectivity index (χ2v) is 7.23. The number of nitrogens with zero attached hydrogens (tertiary/aromatic N) is 3. The van der Waals surface area contributed by atoms with Gasteiger partial charge in [0.05, 0.1) is 11.3 Å². The molecule has 1 fully saturated rings. The first kappa shape index (κ1) is 13.9. The third-order valence-electron chi connectivity index (χ3n) is 4.50. The van der Waals surface area contributed by atoms with Crippen LogP contribution in [0.25, 0.3) is 0 Å². The van der Waals surface area contributed by atoms with Gasteiger partial charge in [-0.05, 0) is 42.7 Å². The maximum absolute atomic E-state index is 13.0. The van der Waals surface area contributed by atoms with Crippen LogP contribution in [0.5, 0.6) is 0 Å². The fraction of sp³-hybridized carbons (Fsp3) is 0.412. The van der Waals surface area contributed by atoms with Crippen LogP contribution < -0.4 is 4.90 Å². The topological polar surface area (TPSA) is 38.1 Å². The van der Waals surface area contributed by atoms with Crippen molar-refractivity contribution < 1.29 is 4.79 Å². The molecule has 2 aliphatic heterocycles. The van der Waals surface area contributed by atoms with Crippen LogP contribution in [0.3, 0.4) is 0 Å². The number of aromatic nitrogens is 2. The highest BCUT2D eigenvalue weighted by Crippen LogP contribution is 2.35. The lowest BCUT2D eigenvalue weighted by Crippen LogP contribution is -2.44. The number of rotatable bonds is 2. The molecule has 2 unspecified atom stereocenters. The largest absolute Gasteiger partial charge is 0.309 e. The van der Waals surface area contributed by atoms with Gasteiger partial charge in [-0.25, -0.2) is 0 Å². The average Bonchev–Trinajstić information content (AvgIpc) is 3.26. The van der Waals surface area contributed by atoms with E-state index in [4.69, 9.17) is 0 Å².